The lowest BCUT2D eigenvalue weighted by molar-refractivity contribution is -0.131. The summed E-state index contributed by atoms with van der Waals surface area (Å²) in [5, 5.41) is 2.87. The van der Waals surface area contributed by atoms with E-state index in [0.717, 1.165) is 5.56 Å². The summed E-state index contributed by atoms with van der Waals surface area (Å²) in [5.74, 6) is -0.179. The maximum Gasteiger partial charge on any atom is 0.225 e. The summed E-state index contributed by atoms with van der Waals surface area (Å²) in [6.45, 7) is 9.59. The van der Waals surface area contributed by atoms with Crippen LogP contribution >= 0.6 is 0 Å². The number of pyridine rings is 1. The molecule has 0 saturated heterocycles. The van der Waals surface area contributed by atoms with E-state index in [0.29, 0.717) is 0 Å². The number of carbonyl (C=O) groups is 2. The van der Waals surface area contributed by atoms with Gasteiger partial charge in [0.25, 0.3) is 0 Å². The van der Waals surface area contributed by atoms with Crippen LogP contribution in [-0.2, 0) is 16.0 Å². The number of ketones is 1. The molecule has 1 rings (SSSR count). The van der Waals surface area contributed by atoms with Crippen molar-refractivity contribution >= 4 is 11.7 Å². The maximum absolute atomic E-state index is 12.3. The van der Waals surface area contributed by atoms with Crippen LogP contribution < -0.4 is 5.32 Å². The van der Waals surface area contributed by atoms with Crippen molar-refractivity contribution in [2.45, 2.75) is 47.1 Å². The second-order valence-electron chi connectivity index (χ2n) is 6.46. The van der Waals surface area contributed by atoms with Crippen LogP contribution in [0.3, 0.4) is 0 Å². The van der Waals surface area contributed by atoms with E-state index in [1.165, 1.54) is 0 Å². The lowest BCUT2D eigenvalue weighted by Gasteiger charge is -2.31. The predicted molar refractivity (Wildman–Crippen MR) is 79.2 cm³/mol. The average Bonchev–Trinajstić information content (AvgIpc) is 2.35. The molecule has 0 aliphatic carbocycles. The van der Waals surface area contributed by atoms with Gasteiger partial charge in [-0.2, -0.15) is 0 Å². The number of hydrogen-bond acceptors (Lipinski definition) is 3. The summed E-state index contributed by atoms with van der Waals surface area (Å²) < 4.78 is 0. The Bertz CT molecular complexity index is 461. The van der Waals surface area contributed by atoms with Crippen LogP contribution in [0, 0.1) is 11.3 Å². The summed E-state index contributed by atoms with van der Waals surface area (Å²) in [5.41, 5.74) is 0.543. The second kappa shape index (κ2) is 6.64. The van der Waals surface area contributed by atoms with Crippen molar-refractivity contribution in [1.29, 1.82) is 0 Å². The summed E-state index contributed by atoms with van der Waals surface area (Å²) in [7, 11) is 0. The van der Waals surface area contributed by atoms with Crippen molar-refractivity contribution in [2.75, 3.05) is 0 Å². The van der Waals surface area contributed by atoms with Gasteiger partial charge in [0.1, 0.15) is 0 Å². The highest BCUT2D eigenvalue weighted by Gasteiger charge is 2.33. The number of Topliss-reactive ketones (excluding diaryl/α,β-unsaturated/α-hetero) is 1. The van der Waals surface area contributed by atoms with Gasteiger partial charge in [-0.3, -0.25) is 14.6 Å². The number of nitrogens with one attached hydrogen (secondary N) is 1. The number of hydrogen-bond donors (Lipinski definition) is 1. The number of aromatic nitrogens is 1. The molecule has 1 aromatic heterocycles. The van der Waals surface area contributed by atoms with Crippen molar-refractivity contribution in [1.82, 2.24) is 10.3 Å². The SMILES string of the molecule is CC(C)C(=O)C(NC(=O)Cc1cccnc1)C(C)(C)C. The molecule has 0 aliphatic rings. The highest BCUT2D eigenvalue weighted by Crippen LogP contribution is 2.22. The molecule has 0 spiro atoms. The summed E-state index contributed by atoms with van der Waals surface area (Å²) in [4.78, 5) is 28.3. The molecule has 0 aromatic carbocycles. The van der Waals surface area contributed by atoms with E-state index in [2.05, 4.69) is 10.3 Å². The van der Waals surface area contributed by atoms with Crippen molar-refractivity contribution in [3.8, 4) is 0 Å². The largest absolute Gasteiger partial charge is 0.345 e. The maximum atomic E-state index is 12.3. The summed E-state index contributed by atoms with van der Waals surface area (Å²) in [6, 6.07) is 3.18. The van der Waals surface area contributed by atoms with E-state index in [-0.39, 0.29) is 29.4 Å². The van der Waals surface area contributed by atoms with Crippen molar-refractivity contribution < 1.29 is 9.59 Å². The minimum atomic E-state index is -0.466. The minimum Gasteiger partial charge on any atom is -0.345 e. The van der Waals surface area contributed by atoms with Gasteiger partial charge >= 0.3 is 0 Å². The van der Waals surface area contributed by atoms with Gasteiger partial charge in [-0.25, -0.2) is 0 Å². The van der Waals surface area contributed by atoms with Crippen LogP contribution in [0.2, 0.25) is 0 Å². The standard InChI is InChI=1S/C16H24N2O2/c1-11(2)14(20)15(16(3,4)5)18-13(19)9-12-7-6-8-17-10-12/h6-8,10-11,15H,9H2,1-5H3,(H,18,19). The van der Waals surface area contributed by atoms with Crippen LogP contribution in [0.5, 0.6) is 0 Å². The Morgan fingerprint density at radius 3 is 2.40 bits per heavy atom. The molecule has 4 nitrogen and oxygen atoms in total. The number of rotatable bonds is 5. The summed E-state index contributed by atoms with van der Waals surface area (Å²) in [6.07, 6.45) is 3.57. The van der Waals surface area contributed by atoms with Crippen LogP contribution in [0.4, 0.5) is 0 Å². The molecule has 20 heavy (non-hydrogen) atoms. The average molecular weight is 276 g/mol. The van der Waals surface area contributed by atoms with Gasteiger partial charge in [0, 0.05) is 18.3 Å². The Kier molecular flexibility index (Phi) is 5.43. The molecule has 0 radical (unpaired) electrons. The monoisotopic (exact) mass is 276 g/mol. The third kappa shape index (κ3) is 4.76. The predicted octanol–water partition coefficient (Wildman–Crippen LogP) is 2.38. The highest BCUT2D eigenvalue weighted by molar-refractivity contribution is 5.91. The molecule has 1 N–H and O–H groups in total. The van der Waals surface area contributed by atoms with E-state index >= 15 is 0 Å². The first-order valence-corrected chi connectivity index (χ1v) is 6.94. The molecule has 1 aromatic rings. The van der Waals surface area contributed by atoms with E-state index in [1.54, 1.807) is 18.5 Å². The fourth-order valence-corrected chi connectivity index (χ4v) is 1.95. The first-order chi connectivity index (χ1) is 9.21. The van der Waals surface area contributed by atoms with E-state index in [1.807, 2.05) is 40.7 Å². The molecule has 1 unspecified atom stereocenters. The lowest BCUT2D eigenvalue weighted by atomic mass is 9.81. The molecule has 0 saturated carbocycles. The molecule has 1 heterocycles. The molecule has 1 amide bonds. The van der Waals surface area contributed by atoms with Crippen molar-refractivity contribution in [3.05, 3.63) is 30.1 Å². The first-order valence-electron chi connectivity index (χ1n) is 6.94. The third-order valence-corrected chi connectivity index (χ3v) is 3.11. The van der Waals surface area contributed by atoms with Gasteiger partial charge in [0.05, 0.1) is 12.5 Å². The van der Waals surface area contributed by atoms with Crippen LogP contribution in [0.15, 0.2) is 24.5 Å². The molecule has 0 bridgehead atoms. The van der Waals surface area contributed by atoms with Crippen LogP contribution in [-0.4, -0.2) is 22.7 Å². The summed E-state index contributed by atoms with van der Waals surface area (Å²) >= 11 is 0. The highest BCUT2D eigenvalue weighted by atomic mass is 16.2. The van der Waals surface area contributed by atoms with E-state index in [9.17, 15) is 9.59 Å². The zero-order chi connectivity index (χ0) is 15.3. The number of nitrogens with zero attached hydrogens (tertiary/aromatic N) is 1. The Hall–Kier alpha value is -1.71. The smallest absolute Gasteiger partial charge is 0.225 e. The van der Waals surface area contributed by atoms with Gasteiger partial charge in [-0.1, -0.05) is 40.7 Å². The normalized spacial score (nSPS) is 13.1. The van der Waals surface area contributed by atoms with Gasteiger partial charge in [0.15, 0.2) is 5.78 Å². The fourth-order valence-electron chi connectivity index (χ4n) is 1.95. The van der Waals surface area contributed by atoms with Gasteiger partial charge < -0.3 is 5.32 Å². The van der Waals surface area contributed by atoms with Gasteiger partial charge in [0.2, 0.25) is 5.91 Å². The van der Waals surface area contributed by atoms with Crippen molar-refractivity contribution in [3.63, 3.8) is 0 Å². The Balaban J connectivity index is 2.75. The topological polar surface area (TPSA) is 59.1 Å². The minimum absolute atomic E-state index is 0.0667. The molecular formula is C16H24N2O2. The molecule has 110 valence electrons. The van der Waals surface area contributed by atoms with E-state index < -0.39 is 6.04 Å². The fraction of sp³-hybridized carbons (Fsp3) is 0.562. The lowest BCUT2D eigenvalue weighted by Crippen LogP contribution is -2.51. The number of amides is 1. The van der Waals surface area contributed by atoms with Gasteiger partial charge in [-0.15, -0.1) is 0 Å². The van der Waals surface area contributed by atoms with E-state index in [4.69, 9.17) is 0 Å². The Labute approximate surface area is 121 Å². The molecule has 1 atom stereocenters. The number of carbonyl (C=O) groups excluding carboxylic acids is 2. The van der Waals surface area contributed by atoms with Crippen LogP contribution in [0.1, 0.15) is 40.2 Å². The second-order valence-corrected chi connectivity index (χ2v) is 6.46. The zero-order valence-electron chi connectivity index (χ0n) is 12.9. The Morgan fingerprint density at radius 2 is 1.95 bits per heavy atom. The zero-order valence-corrected chi connectivity index (χ0v) is 12.9. The first kappa shape index (κ1) is 16.3. The van der Waals surface area contributed by atoms with Crippen LogP contribution in [0.25, 0.3) is 0 Å². The third-order valence-electron chi connectivity index (χ3n) is 3.11. The molecule has 0 aliphatic heterocycles. The Morgan fingerprint density at radius 1 is 1.30 bits per heavy atom. The molecular weight excluding hydrogens is 252 g/mol. The molecule has 0 fully saturated rings. The van der Waals surface area contributed by atoms with Gasteiger partial charge in [-0.05, 0) is 17.0 Å². The molecule has 4 heteroatoms. The van der Waals surface area contributed by atoms with Crippen molar-refractivity contribution in [2.24, 2.45) is 11.3 Å². The quantitative estimate of drug-likeness (QED) is 0.898.